The van der Waals surface area contributed by atoms with Gasteiger partial charge in [0.15, 0.2) is 0 Å². The summed E-state index contributed by atoms with van der Waals surface area (Å²) in [5.41, 5.74) is 1.26. The Kier molecular flexibility index (Phi) is 5.49. The van der Waals surface area contributed by atoms with Crippen molar-refractivity contribution in [1.29, 1.82) is 0 Å². The van der Waals surface area contributed by atoms with E-state index in [1.165, 1.54) is 0 Å². The molecular weight excluding hydrogens is 340 g/mol. The van der Waals surface area contributed by atoms with Crippen molar-refractivity contribution >= 4 is 12.0 Å². The first-order chi connectivity index (χ1) is 12.8. The van der Waals surface area contributed by atoms with Gasteiger partial charge >= 0.3 is 6.09 Å². The summed E-state index contributed by atoms with van der Waals surface area (Å²) in [7, 11) is 0. The summed E-state index contributed by atoms with van der Waals surface area (Å²) in [4.78, 5) is 29.4. The van der Waals surface area contributed by atoms with E-state index in [1.54, 1.807) is 4.90 Å². The van der Waals surface area contributed by atoms with Gasteiger partial charge in [-0.15, -0.1) is 0 Å². The fourth-order valence-electron chi connectivity index (χ4n) is 3.21. The van der Waals surface area contributed by atoms with Gasteiger partial charge in [0, 0.05) is 19.6 Å². The lowest BCUT2D eigenvalue weighted by molar-refractivity contribution is -0.142. The van der Waals surface area contributed by atoms with E-state index in [4.69, 9.17) is 4.74 Å². The number of nitrogens with zero attached hydrogens (tertiary/aromatic N) is 2. The molecule has 5 heteroatoms. The molecule has 0 spiro atoms. The molecule has 1 aliphatic heterocycles. The van der Waals surface area contributed by atoms with E-state index in [0.29, 0.717) is 19.6 Å². The molecule has 3 rings (SSSR count). The number of rotatable bonds is 3. The lowest BCUT2D eigenvalue weighted by Gasteiger charge is -2.41. The number of ether oxygens (including phenoxy) is 1. The van der Waals surface area contributed by atoms with Crippen LogP contribution >= 0.6 is 0 Å². The summed E-state index contributed by atoms with van der Waals surface area (Å²) in [6.07, 6.45) is -0.455. The van der Waals surface area contributed by atoms with Crippen molar-refractivity contribution in [1.82, 2.24) is 9.80 Å². The maximum Gasteiger partial charge on any atom is 0.411 e. The fraction of sp³-hybridized carbons (Fsp3) is 0.364. The van der Waals surface area contributed by atoms with Crippen molar-refractivity contribution in [3.8, 4) is 0 Å². The molecule has 0 radical (unpaired) electrons. The lowest BCUT2D eigenvalue weighted by Crippen LogP contribution is -2.54. The van der Waals surface area contributed by atoms with Crippen molar-refractivity contribution in [3.63, 3.8) is 0 Å². The van der Waals surface area contributed by atoms with E-state index in [9.17, 15) is 9.59 Å². The SMILES string of the molecule is CC(C)(C)OC(=O)N1CCN(Cc2ccccc2)C(=O)[C@@H]1c1ccccc1. The standard InChI is InChI=1S/C22H26N2O3/c1-22(2,3)27-21(26)24-15-14-23(16-17-10-6-4-7-11-17)20(25)19(24)18-12-8-5-9-13-18/h4-13,19H,14-16H2,1-3H3/t19-/m0/s1. The number of hydrogen-bond acceptors (Lipinski definition) is 3. The highest BCUT2D eigenvalue weighted by Gasteiger charge is 2.40. The summed E-state index contributed by atoms with van der Waals surface area (Å²) >= 11 is 0. The number of benzene rings is 2. The lowest BCUT2D eigenvalue weighted by atomic mass is 10.0. The predicted octanol–water partition coefficient (Wildman–Crippen LogP) is 4.01. The van der Waals surface area contributed by atoms with Crippen LogP contribution < -0.4 is 0 Å². The molecule has 1 saturated heterocycles. The van der Waals surface area contributed by atoms with Crippen LogP contribution in [0.3, 0.4) is 0 Å². The summed E-state index contributed by atoms with van der Waals surface area (Å²) in [5, 5.41) is 0. The minimum absolute atomic E-state index is 0.0813. The summed E-state index contributed by atoms with van der Waals surface area (Å²) in [6.45, 7) is 6.94. The third kappa shape index (κ3) is 4.67. The fourth-order valence-corrected chi connectivity index (χ4v) is 3.21. The van der Waals surface area contributed by atoms with Crippen molar-refractivity contribution in [3.05, 3.63) is 71.8 Å². The van der Waals surface area contributed by atoms with E-state index in [-0.39, 0.29) is 5.91 Å². The van der Waals surface area contributed by atoms with E-state index in [0.717, 1.165) is 11.1 Å². The van der Waals surface area contributed by atoms with Gasteiger partial charge in [0.2, 0.25) is 0 Å². The number of piperazine rings is 1. The largest absolute Gasteiger partial charge is 0.444 e. The van der Waals surface area contributed by atoms with Crippen LogP contribution in [-0.2, 0) is 16.1 Å². The number of hydrogen-bond donors (Lipinski definition) is 0. The average Bonchev–Trinajstić information content (AvgIpc) is 2.63. The Bertz CT molecular complexity index is 784. The summed E-state index contributed by atoms with van der Waals surface area (Å²) in [6, 6.07) is 18.6. The quantitative estimate of drug-likeness (QED) is 0.825. The van der Waals surface area contributed by atoms with E-state index in [1.807, 2.05) is 86.3 Å². The monoisotopic (exact) mass is 366 g/mol. The van der Waals surface area contributed by atoms with Crippen LogP contribution in [0.15, 0.2) is 60.7 Å². The molecule has 1 aliphatic rings. The predicted molar refractivity (Wildman–Crippen MR) is 104 cm³/mol. The minimum atomic E-state index is -0.668. The molecule has 2 aromatic carbocycles. The van der Waals surface area contributed by atoms with Crippen LogP contribution in [0.25, 0.3) is 0 Å². The van der Waals surface area contributed by atoms with Crippen LogP contribution in [0.4, 0.5) is 4.79 Å². The molecule has 0 bridgehead atoms. The Balaban J connectivity index is 1.86. The molecule has 2 aromatic rings. The molecule has 0 aliphatic carbocycles. The van der Waals surface area contributed by atoms with E-state index in [2.05, 4.69) is 0 Å². The van der Waals surface area contributed by atoms with Crippen LogP contribution in [0.1, 0.15) is 37.9 Å². The third-order valence-corrected chi connectivity index (χ3v) is 4.43. The Hall–Kier alpha value is -2.82. The maximum absolute atomic E-state index is 13.3. The van der Waals surface area contributed by atoms with Gasteiger partial charge in [-0.2, -0.15) is 0 Å². The van der Waals surface area contributed by atoms with Gasteiger partial charge in [0.1, 0.15) is 11.6 Å². The van der Waals surface area contributed by atoms with Crippen molar-refractivity contribution in [2.75, 3.05) is 13.1 Å². The zero-order chi connectivity index (χ0) is 19.4. The Morgan fingerprint density at radius 2 is 1.59 bits per heavy atom. The molecule has 0 N–H and O–H groups in total. The molecule has 1 atom stereocenters. The average molecular weight is 366 g/mol. The zero-order valence-electron chi connectivity index (χ0n) is 16.1. The summed E-state index contributed by atoms with van der Waals surface area (Å²) in [5.74, 6) is -0.0813. The van der Waals surface area contributed by atoms with Gasteiger partial charge in [-0.05, 0) is 31.9 Å². The van der Waals surface area contributed by atoms with Gasteiger partial charge < -0.3 is 9.64 Å². The van der Waals surface area contributed by atoms with Gasteiger partial charge in [-0.3, -0.25) is 9.69 Å². The number of amides is 2. The molecule has 142 valence electrons. The maximum atomic E-state index is 13.3. The van der Waals surface area contributed by atoms with E-state index < -0.39 is 17.7 Å². The van der Waals surface area contributed by atoms with Gasteiger partial charge in [-0.1, -0.05) is 60.7 Å². The molecule has 0 aromatic heterocycles. The number of carbonyl (C=O) groups excluding carboxylic acids is 2. The minimum Gasteiger partial charge on any atom is -0.444 e. The first kappa shape index (κ1) is 19.0. The zero-order valence-corrected chi connectivity index (χ0v) is 16.1. The normalized spacial score (nSPS) is 17.7. The molecule has 5 nitrogen and oxygen atoms in total. The Morgan fingerprint density at radius 1 is 1.00 bits per heavy atom. The molecule has 2 amide bonds. The first-order valence-corrected chi connectivity index (χ1v) is 9.22. The second-order valence-corrected chi connectivity index (χ2v) is 7.73. The van der Waals surface area contributed by atoms with Crippen LogP contribution in [-0.4, -0.2) is 40.5 Å². The highest BCUT2D eigenvalue weighted by molar-refractivity contribution is 5.88. The molecule has 1 fully saturated rings. The van der Waals surface area contributed by atoms with Crippen molar-refractivity contribution in [2.24, 2.45) is 0 Å². The van der Waals surface area contributed by atoms with Crippen LogP contribution in [0.2, 0.25) is 0 Å². The molecule has 0 unspecified atom stereocenters. The smallest absolute Gasteiger partial charge is 0.411 e. The molecule has 0 saturated carbocycles. The van der Waals surface area contributed by atoms with Gasteiger partial charge in [-0.25, -0.2) is 4.79 Å². The van der Waals surface area contributed by atoms with Crippen LogP contribution in [0.5, 0.6) is 0 Å². The van der Waals surface area contributed by atoms with Crippen molar-refractivity contribution < 1.29 is 14.3 Å². The first-order valence-electron chi connectivity index (χ1n) is 9.22. The Labute approximate surface area is 160 Å². The van der Waals surface area contributed by atoms with Gasteiger partial charge in [0.25, 0.3) is 5.91 Å². The highest BCUT2D eigenvalue weighted by Crippen LogP contribution is 2.29. The topological polar surface area (TPSA) is 49.9 Å². The van der Waals surface area contributed by atoms with Crippen molar-refractivity contribution in [2.45, 2.75) is 39.0 Å². The Morgan fingerprint density at radius 3 is 2.19 bits per heavy atom. The second-order valence-electron chi connectivity index (χ2n) is 7.73. The second kappa shape index (κ2) is 7.82. The number of carbonyl (C=O) groups is 2. The molecule has 1 heterocycles. The van der Waals surface area contributed by atoms with E-state index >= 15 is 0 Å². The highest BCUT2D eigenvalue weighted by atomic mass is 16.6. The molecular formula is C22H26N2O3. The summed E-state index contributed by atoms with van der Waals surface area (Å²) < 4.78 is 5.55. The molecule has 27 heavy (non-hydrogen) atoms. The van der Waals surface area contributed by atoms with Gasteiger partial charge in [0.05, 0.1) is 0 Å². The third-order valence-electron chi connectivity index (χ3n) is 4.43. The van der Waals surface area contributed by atoms with Crippen LogP contribution in [0, 0.1) is 0 Å².